The fourth-order valence-corrected chi connectivity index (χ4v) is 4.31. The van der Waals surface area contributed by atoms with Crippen molar-refractivity contribution in [3.63, 3.8) is 0 Å². The van der Waals surface area contributed by atoms with Crippen LogP contribution in [-0.4, -0.2) is 75.5 Å². The lowest BCUT2D eigenvalue weighted by molar-refractivity contribution is -0.0333. The van der Waals surface area contributed by atoms with Crippen molar-refractivity contribution >= 4 is 5.96 Å². The number of morpholine rings is 1. The predicted molar refractivity (Wildman–Crippen MR) is 110 cm³/mol. The third-order valence-corrected chi connectivity index (χ3v) is 6.15. The van der Waals surface area contributed by atoms with Crippen molar-refractivity contribution in [2.24, 2.45) is 10.9 Å². The van der Waals surface area contributed by atoms with Gasteiger partial charge in [-0.2, -0.15) is 0 Å². The molecule has 6 nitrogen and oxygen atoms in total. The van der Waals surface area contributed by atoms with E-state index in [1.165, 1.54) is 44.9 Å². The van der Waals surface area contributed by atoms with Crippen molar-refractivity contribution in [3.8, 4) is 0 Å². The Morgan fingerprint density at radius 2 is 1.93 bits per heavy atom. The Hall–Kier alpha value is -0.850. The smallest absolute Gasteiger partial charge is 0.191 e. The van der Waals surface area contributed by atoms with Crippen LogP contribution in [-0.2, 0) is 9.47 Å². The fourth-order valence-electron chi connectivity index (χ4n) is 4.31. The van der Waals surface area contributed by atoms with E-state index >= 15 is 0 Å². The number of ether oxygens (including phenoxy) is 2. The molecule has 0 amide bonds. The number of hydrogen-bond acceptors (Lipinski definition) is 4. The van der Waals surface area contributed by atoms with Gasteiger partial charge in [0.15, 0.2) is 5.96 Å². The molecule has 0 aromatic heterocycles. The molecule has 0 atom stereocenters. The molecule has 0 aromatic carbocycles. The largest absolute Gasteiger partial charge is 0.381 e. The van der Waals surface area contributed by atoms with Gasteiger partial charge in [-0.25, -0.2) is 0 Å². The monoisotopic (exact) mass is 380 g/mol. The van der Waals surface area contributed by atoms with Crippen LogP contribution in [0, 0.1) is 5.92 Å². The second kappa shape index (κ2) is 11.2. The van der Waals surface area contributed by atoms with Gasteiger partial charge in [0.2, 0.25) is 0 Å². The summed E-state index contributed by atoms with van der Waals surface area (Å²) in [6.07, 6.45) is 10.3. The Bertz CT molecular complexity index is 441. The summed E-state index contributed by atoms with van der Waals surface area (Å²) < 4.78 is 11.3. The van der Waals surface area contributed by atoms with Gasteiger partial charge in [-0.1, -0.05) is 19.3 Å². The second-order valence-electron chi connectivity index (χ2n) is 8.38. The summed E-state index contributed by atoms with van der Waals surface area (Å²) in [5, 5.41) is 6.92. The average molecular weight is 381 g/mol. The van der Waals surface area contributed by atoms with Crippen molar-refractivity contribution in [2.45, 2.75) is 63.8 Å². The minimum absolute atomic E-state index is 0.234. The summed E-state index contributed by atoms with van der Waals surface area (Å²) in [6.45, 7) is 10.5. The van der Waals surface area contributed by atoms with Gasteiger partial charge in [0.1, 0.15) is 0 Å². The van der Waals surface area contributed by atoms with E-state index in [4.69, 9.17) is 14.5 Å². The lowest BCUT2D eigenvalue weighted by Gasteiger charge is -2.47. The van der Waals surface area contributed by atoms with E-state index in [2.05, 4.69) is 22.5 Å². The van der Waals surface area contributed by atoms with Crippen LogP contribution in [0.15, 0.2) is 4.99 Å². The molecule has 0 spiro atoms. The van der Waals surface area contributed by atoms with Crippen molar-refractivity contribution in [3.05, 3.63) is 0 Å². The molecule has 27 heavy (non-hydrogen) atoms. The van der Waals surface area contributed by atoms with Crippen molar-refractivity contribution in [1.82, 2.24) is 15.5 Å². The number of nitrogens with zero attached hydrogens (tertiary/aromatic N) is 2. The Morgan fingerprint density at radius 3 is 2.63 bits per heavy atom. The minimum Gasteiger partial charge on any atom is -0.381 e. The molecule has 0 bridgehead atoms. The zero-order chi connectivity index (χ0) is 18.8. The highest BCUT2D eigenvalue weighted by Gasteiger charge is 2.38. The van der Waals surface area contributed by atoms with Crippen LogP contribution in [0.5, 0.6) is 0 Å². The van der Waals surface area contributed by atoms with Gasteiger partial charge >= 0.3 is 0 Å². The third-order valence-electron chi connectivity index (χ3n) is 6.15. The van der Waals surface area contributed by atoms with Gasteiger partial charge in [-0.3, -0.25) is 9.89 Å². The first-order chi connectivity index (χ1) is 13.3. The molecule has 6 heteroatoms. The first-order valence-corrected chi connectivity index (χ1v) is 11.3. The van der Waals surface area contributed by atoms with E-state index in [-0.39, 0.29) is 5.54 Å². The van der Waals surface area contributed by atoms with Crippen LogP contribution in [0.2, 0.25) is 0 Å². The quantitative estimate of drug-likeness (QED) is 0.346. The normalized spacial score (nSPS) is 24.0. The minimum atomic E-state index is 0.234. The van der Waals surface area contributed by atoms with Crippen molar-refractivity contribution in [1.29, 1.82) is 0 Å². The van der Waals surface area contributed by atoms with E-state index in [0.29, 0.717) is 0 Å². The van der Waals surface area contributed by atoms with E-state index in [0.717, 1.165) is 77.4 Å². The number of guanidine groups is 1. The maximum absolute atomic E-state index is 5.73. The van der Waals surface area contributed by atoms with Gasteiger partial charge in [-0.15, -0.1) is 0 Å². The molecule has 1 heterocycles. The van der Waals surface area contributed by atoms with E-state index in [9.17, 15) is 0 Å². The molecule has 3 rings (SSSR count). The zero-order valence-electron chi connectivity index (χ0n) is 17.3. The van der Waals surface area contributed by atoms with E-state index in [1.54, 1.807) is 0 Å². The Balaban J connectivity index is 1.47. The number of nitrogens with one attached hydrogen (secondary N) is 2. The van der Waals surface area contributed by atoms with Gasteiger partial charge < -0.3 is 20.1 Å². The second-order valence-corrected chi connectivity index (χ2v) is 8.38. The molecular formula is C21H40N4O2. The number of hydrogen-bond donors (Lipinski definition) is 2. The lowest BCUT2D eigenvalue weighted by atomic mass is 9.80. The van der Waals surface area contributed by atoms with Gasteiger partial charge in [0.05, 0.1) is 19.8 Å². The Labute approximate surface area is 165 Å². The first kappa shape index (κ1) is 20.9. The SMILES string of the molecule is CCNC(=NCC1(N2CCOCC2)CCCCC1)NCCCOCC1CC1. The summed E-state index contributed by atoms with van der Waals surface area (Å²) in [6, 6.07) is 0. The van der Waals surface area contributed by atoms with E-state index in [1.807, 2.05) is 0 Å². The summed E-state index contributed by atoms with van der Waals surface area (Å²) >= 11 is 0. The lowest BCUT2D eigenvalue weighted by Crippen LogP contribution is -2.56. The zero-order valence-corrected chi connectivity index (χ0v) is 17.3. The fraction of sp³-hybridized carbons (Fsp3) is 0.952. The molecule has 2 saturated carbocycles. The molecule has 1 aliphatic heterocycles. The molecule has 0 radical (unpaired) electrons. The van der Waals surface area contributed by atoms with E-state index < -0.39 is 0 Å². The van der Waals surface area contributed by atoms with Gasteiger partial charge in [0, 0.05) is 44.9 Å². The highest BCUT2D eigenvalue weighted by Crippen LogP contribution is 2.34. The first-order valence-electron chi connectivity index (χ1n) is 11.3. The molecule has 3 aliphatic rings. The Morgan fingerprint density at radius 1 is 1.15 bits per heavy atom. The van der Waals surface area contributed by atoms with Gasteiger partial charge in [-0.05, 0) is 44.9 Å². The molecule has 0 unspecified atom stereocenters. The maximum atomic E-state index is 5.73. The average Bonchev–Trinajstić information content (AvgIpc) is 3.54. The summed E-state index contributed by atoms with van der Waals surface area (Å²) in [5.41, 5.74) is 0.234. The molecule has 3 fully saturated rings. The highest BCUT2D eigenvalue weighted by molar-refractivity contribution is 5.79. The third kappa shape index (κ3) is 6.91. The maximum Gasteiger partial charge on any atom is 0.191 e. The van der Waals surface area contributed by atoms with Crippen LogP contribution >= 0.6 is 0 Å². The summed E-state index contributed by atoms with van der Waals surface area (Å²) in [5.74, 6) is 1.81. The predicted octanol–water partition coefficient (Wildman–Crippen LogP) is 2.39. The molecule has 0 aromatic rings. The van der Waals surface area contributed by atoms with Crippen LogP contribution in [0.4, 0.5) is 0 Å². The molecule has 2 N–H and O–H groups in total. The van der Waals surface area contributed by atoms with Crippen LogP contribution < -0.4 is 10.6 Å². The highest BCUT2D eigenvalue weighted by atomic mass is 16.5. The molecular weight excluding hydrogens is 340 g/mol. The number of aliphatic imine (C=N–C) groups is 1. The number of rotatable bonds is 10. The van der Waals surface area contributed by atoms with Crippen molar-refractivity contribution < 1.29 is 9.47 Å². The van der Waals surface area contributed by atoms with Crippen molar-refractivity contribution in [2.75, 3.05) is 59.2 Å². The summed E-state index contributed by atoms with van der Waals surface area (Å²) in [4.78, 5) is 7.67. The molecule has 156 valence electrons. The van der Waals surface area contributed by atoms with Crippen LogP contribution in [0.1, 0.15) is 58.3 Å². The topological polar surface area (TPSA) is 58.1 Å². The standard InChI is InChI=1S/C21H40N4O2/c1-2-22-20(23-11-6-14-27-17-19-7-8-19)24-18-21(9-4-3-5-10-21)25-12-15-26-16-13-25/h19H,2-18H2,1H3,(H2,22,23,24). The van der Waals surface area contributed by atoms with Crippen LogP contribution in [0.3, 0.4) is 0 Å². The van der Waals surface area contributed by atoms with Crippen LogP contribution in [0.25, 0.3) is 0 Å². The molecule has 1 saturated heterocycles. The molecule has 2 aliphatic carbocycles. The Kier molecular flexibility index (Phi) is 8.68. The summed E-state index contributed by atoms with van der Waals surface area (Å²) in [7, 11) is 0. The van der Waals surface area contributed by atoms with Gasteiger partial charge in [0.25, 0.3) is 0 Å².